The highest BCUT2D eigenvalue weighted by atomic mass is 79.9. The molecule has 0 radical (unpaired) electrons. The summed E-state index contributed by atoms with van der Waals surface area (Å²) in [7, 11) is 0. The maximum absolute atomic E-state index is 10.7. The Hall–Kier alpha value is -0.350. The van der Waals surface area contributed by atoms with Crippen LogP contribution >= 0.6 is 15.9 Å². The lowest BCUT2D eigenvalue weighted by atomic mass is 9.89. The van der Waals surface area contributed by atoms with Crippen LogP contribution in [0, 0.1) is 12.8 Å². The van der Waals surface area contributed by atoms with Crippen LogP contribution in [0.15, 0.2) is 4.47 Å². The van der Waals surface area contributed by atoms with Gasteiger partial charge in [-0.15, -0.1) is 0 Å². The molecule has 1 aliphatic rings. The van der Waals surface area contributed by atoms with E-state index in [4.69, 9.17) is 0 Å². The summed E-state index contributed by atoms with van der Waals surface area (Å²) in [5, 5.41) is 15.2. The Balaban J connectivity index is 2.27. The van der Waals surface area contributed by atoms with E-state index in [1.165, 1.54) is 12.8 Å². The van der Waals surface area contributed by atoms with E-state index in [-0.39, 0.29) is 0 Å². The zero-order chi connectivity index (χ0) is 12.6. The van der Waals surface area contributed by atoms with Crippen molar-refractivity contribution in [1.82, 2.24) is 9.78 Å². The maximum atomic E-state index is 10.7. The first-order valence-corrected chi connectivity index (χ1v) is 7.25. The summed E-state index contributed by atoms with van der Waals surface area (Å²) in [4.78, 5) is 0. The van der Waals surface area contributed by atoms with E-state index in [1.807, 2.05) is 11.6 Å². The lowest BCUT2D eigenvalue weighted by molar-refractivity contribution is 0.0119. The molecule has 17 heavy (non-hydrogen) atoms. The van der Waals surface area contributed by atoms with Gasteiger partial charge in [0.1, 0.15) is 0 Å². The van der Waals surface area contributed by atoms with Crippen LogP contribution in [-0.2, 0) is 13.0 Å². The third kappa shape index (κ3) is 2.43. The van der Waals surface area contributed by atoms with Crippen molar-refractivity contribution >= 4 is 15.9 Å². The summed E-state index contributed by atoms with van der Waals surface area (Å²) in [5.41, 5.74) is 1.61. The molecule has 1 fully saturated rings. The van der Waals surface area contributed by atoms with E-state index < -0.39 is 5.60 Å². The van der Waals surface area contributed by atoms with Crippen LogP contribution in [0.25, 0.3) is 0 Å². The first-order chi connectivity index (χ1) is 8.01. The molecule has 1 heterocycles. The standard InChI is InChI=1S/C13H21BrN2O/c1-4-13(17,10-6-7-10)8-11-12(14)9(3)15-16(11)5-2/h10,17H,4-8H2,1-3H3. The van der Waals surface area contributed by atoms with Gasteiger partial charge in [0.2, 0.25) is 0 Å². The van der Waals surface area contributed by atoms with Gasteiger partial charge in [-0.05, 0) is 55.0 Å². The smallest absolute Gasteiger partial charge is 0.0738 e. The monoisotopic (exact) mass is 300 g/mol. The van der Waals surface area contributed by atoms with E-state index in [1.54, 1.807) is 0 Å². The van der Waals surface area contributed by atoms with Gasteiger partial charge in [-0.1, -0.05) is 6.92 Å². The van der Waals surface area contributed by atoms with Crippen molar-refractivity contribution in [3.63, 3.8) is 0 Å². The van der Waals surface area contributed by atoms with Gasteiger partial charge < -0.3 is 5.11 Å². The van der Waals surface area contributed by atoms with Crippen molar-refractivity contribution in [2.24, 2.45) is 5.92 Å². The Morgan fingerprint density at radius 3 is 2.59 bits per heavy atom. The average molecular weight is 301 g/mol. The molecular formula is C13H21BrN2O. The lowest BCUT2D eigenvalue weighted by Gasteiger charge is -2.27. The summed E-state index contributed by atoms with van der Waals surface area (Å²) in [5.74, 6) is 0.486. The molecule has 0 spiro atoms. The fourth-order valence-corrected chi connectivity index (χ4v) is 2.93. The molecule has 4 heteroatoms. The fraction of sp³-hybridized carbons (Fsp3) is 0.769. The minimum atomic E-state index is -0.540. The number of nitrogens with zero attached hydrogens (tertiary/aromatic N) is 2. The first kappa shape index (κ1) is 13.1. The van der Waals surface area contributed by atoms with Crippen molar-refractivity contribution in [1.29, 1.82) is 0 Å². The highest BCUT2D eigenvalue weighted by Crippen LogP contribution is 2.44. The second-order valence-electron chi connectivity index (χ2n) is 5.07. The molecular weight excluding hydrogens is 280 g/mol. The van der Waals surface area contributed by atoms with Crippen LogP contribution in [0.3, 0.4) is 0 Å². The Labute approximate surface area is 111 Å². The average Bonchev–Trinajstić information content (AvgIpc) is 3.13. The first-order valence-electron chi connectivity index (χ1n) is 6.46. The summed E-state index contributed by atoms with van der Waals surface area (Å²) in [6.45, 7) is 7.02. The minimum Gasteiger partial charge on any atom is -0.389 e. The molecule has 0 saturated heterocycles. The van der Waals surface area contributed by atoms with E-state index >= 15 is 0 Å². The van der Waals surface area contributed by atoms with E-state index in [0.29, 0.717) is 12.3 Å². The van der Waals surface area contributed by atoms with Crippen LogP contribution in [0.4, 0.5) is 0 Å². The Kier molecular flexibility index (Phi) is 3.64. The number of aryl methyl sites for hydroxylation is 2. The van der Waals surface area contributed by atoms with Gasteiger partial charge in [0, 0.05) is 13.0 Å². The van der Waals surface area contributed by atoms with Crippen molar-refractivity contribution in [3.05, 3.63) is 15.9 Å². The predicted octanol–water partition coefficient (Wildman–Crippen LogP) is 3.07. The lowest BCUT2D eigenvalue weighted by Crippen LogP contribution is -2.34. The SMILES string of the molecule is CCn1nc(C)c(Br)c1CC(O)(CC)C1CC1. The van der Waals surface area contributed by atoms with Crippen molar-refractivity contribution in [3.8, 4) is 0 Å². The molecule has 3 nitrogen and oxygen atoms in total. The molecule has 2 rings (SSSR count). The van der Waals surface area contributed by atoms with Gasteiger partial charge in [-0.3, -0.25) is 4.68 Å². The van der Waals surface area contributed by atoms with Gasteiger partial charge in [0.15, 0.2) is 0 Å². The van der Waals surface area contributed by atoms with Crippen LogP contribution in [0.2, 0.25) is 0 Å². The van der Waals surface area contributed by atoms with Gasteiger partial charge in [-0.25, -0.2) is 0 Å². The summed E-state index contributed by atoms with van der Waals surface area (Å²) < 4.78 is 3.06. The quantitative estimate of drug-likeness (QED) is 0.907. The minimum absolute atomic E-state index is 0.486. The summed E-state index contributed by atoms with van der Waals surface area (Å²) in [6.07, 6.45) is 3.86. The fourth-order valence-electron chi connectivity index (χ4n) is 2.51. The van der Waals surface area contributed by atoms with Crippen LogP contribution < -0.4 is 0 Å². The van der Waals surface area contributed by atoms with E-state index in [2.05, 4.69) is 34.9 Å². The zero-order valence-electron chi connectivity index (χ0n) is 10.8. The molecule has 0 aliphatic heterocycles. The number of aromatic nitrogens is 2. The summed E-state index contributed by atoms with van der Waals surface area (Å²) >= 11 is 3.60. The second kappa shape index (κ2) is 4.73. The third-order valence-corrected chi connectivity index (χ3v) is 4.91. The molecule has 1 aromatic rings. The van der Waals surface area contributed by atoms with Gasteiger partial charge in [-0.2, -0.15) is 5.10 Å². The summed E-state index contributed by atoms with van der Waals surface area (Å²) in [6, 6.07) is 0. The predicted molar refractivity (Wildman–Crippen MR) is 72.0 cm³/mol. The highest BCUT2D eigenvalue weighted by Gasteiger charge is 2.43. The molecule has 1 N–H and O–H groups in total. The highest BCUT2D eigenvalue weighted by molar-refractivity contribution is 9.10. The van der Waals surface area contributed by atoms with E-state index in [0.717, 1.165) is 28.8 Å². The van der Waals surface area contributed by atoms with Gasteiger partial charge in [0.25, 0.3) is 0 Å². The molecule has 0 aromatic carbocycles. The molecule has 1 unspecified atom stereocenters. The van der Waals surface area contributed by atoms with Crippen LogP contribution in [-0.4, -0.2) is 20.5 Å². The molecule has 0 amide bonds. The number of rotatable bonds is 5. The van der Waals surface area contributed by atoms with Gasteiger partial charge >= 0.3 is 0 Å². The number of hydrogen-bond donors (Lipinski definition) is 1. The molecule has 0 bridgehead atoms. The Morgan fingerprint density at radius 2 is 2.12 bits per heavy atom. The number of hydrogen-bond acceptors (Lipinski definition) is 2. The molecule has 1 saturated carbocycles. The molecule has 1 aromatic heterocycles. The zero-order valence-corrected chi connectivity index (χ0v) is 12.4. The topological polar surface area (TPSA) is 38.0 Å². The van der Waals surface area contributed by atoms with Crippen molar-refractivity contribution < 1.29 is 5.11 Å². The third-order valence-electron chi connectivity index (χ3n) is 3.88. The molecule has 1 aliphatic carbocycles. The van der Waals surface area contributed by atoms with E-state index in [9.17, 15) is 5.11 Å². The normalized spacial score (nSPS) is 19.4. The van der Waals surface area contributed by atoms with Crippen LogP contribution in [0.1, 0.15) is 44.5 Å². The van der Waals surface area contributed by atoms with Crippen molar-refractivity contribution in [2.75, 3.05) is 0 Å². The molecule has 96 valence electrons. The van der Waals surface area contributed by atoms with Crippen molar-refractivity contribution in [2.45, 2.75) is 58.6 Å². The van der Waals surface area contributed by atoms with Gasteiger partial charge in [0.05, 0.1) is 21.5 Å². The molecule has 1 atom stereocenters. The Morgan fingerprint density at radius 1 is 1.47 bits per heavy atom. The second-order valence-corrected chi connectivity index (χ2v) is 5.86. The maximum Gasteiger partial charge on any atom is 0.0738 e. The largest absolute Gasteiger partial charge is 0.389 e. The Bertz CT molecular complexity index is 412. The number of halogens is 1. The number of aliphatic hydroxyl groups is 1. The van der Waals surface area contributed by atoms with Crippen LogP contribution in [0.5, 0.6) is 0 Å².